The van der Waals surface area contributed by atoms with E-state index in [1.807, 2.05) is 25.1 Å². The summed E-state index contributed by atoms with van der Waals surface area (Å²) in [6, 6.07) is 14.8. The Morgan fingerprint density at radius 2 is 1.77 bits per heavy atom. The summed E-state index contributed by atoms with van der Waals surface area (Å²) in [6.07, 6.45) is 5.86. The molecule has 30 heavy (non-hydrogen) atoms. The lowest BCUT2D eigenvalue weighted by atomic mass is 9.91. The maximum Gasteiger partial charge on any atom is 0.111 e. The monoisotopic (exact) mass is 426 g/mol. The van der Waals surface area contributed by atoms with Crippen LogP contribution in [0.3, 0.4) is 0 Å². The summed E-state index contributed by atoms with van der Waals surface area (Å²) < 4.78 is 5.94. The van der Waals surface area contributed by atoms with Gasteiger partial charge in [-0.05, 0) is 85.1 Å². The van der Waals surface area contributed by atoms with Crippen LogP contribution >= 0.6 is 11.6 Å². The van der Waals surface area contributed by atoms with Gasteiger partial charge in [0.15, 0.2) is 0 Å². The van der Waals surface area contributed by atoms with Crippen molar-refractivity contribution in [3.05, 3.63) is 69.7 Å². The highest BCUT2D eigenvalue weighted by Crippen LogP contribution is 2.61. The Labute approximate surface area is 184 Å². The van der Waals surface area contributed by atoms with Crippen LogP contribution in [-0.4, -0.2) is 28.5 Å². The normalized spacial score (nSPS) is 32.5. The molecule has 3 aliphatic rings. The zero-order chi connectivity index (χ0) is 20.9. The van der Waals surface area contributed by atoms with E-state index in [0.717, 1.165) is 23.5 Å². The number of aliphatic hydroxyl groups is 2. The van der Waals surface area contributed by atoms with Crippen molar-refractivity contribution < 1.29 is 14.9 Å². The average Bonchev–Trinajstić information content (AvgIpc) is 3.36. The minimum absolute atomic E-state index is 0.0922. The van der Waals surface area contributed by atoms with E-state index in [1.165, 1.54) is 43.2 Å². The molecule has 2 aromatic carbocycles. The van der Waals surface area contributed by atoms with Gasteiger partial charge in [0.05, 0.1) is 12.2 Å². The average molecular weight is 427 g/mol. The summed E-state index contributed by atoms with van der Waals surface area (Å²) in [5.41, 5.74) is 5.29. The molecule has 1 spiro atoms. The SMILES string of the molecule is CC1CC(O)C(O)C(c2ccc(Cl)c(Cc3ccc(C4CCC5(CC5)C4)cc3)c2)O1. The molecule has 1 heterocycles. The van der Waals surface area contributed by atoms with Crippen molar-refractivity contribution in [2.24, 2.45) is 5.41 Å². The Morgan fingerprint density at radius 1 is 1.03 bits per heavy atom. The molecular formula is C26H31ClO3. The van der Waals surface area contributed by atoms with Crippen molar-refractivity contribution in [2.75, 3.05) is 0 Å². The highest BCUT2D eigenvalue weighted by Gasteiger charge is 2.48. The second-order valence-corrected chi connectivity index (χ2v) is 10.3. The van der Waals surface area contributed by atoms with Crippen molar-refractivity contribution in [1.82, 2.24) is 0 Å². The fourth-order valence-electron chi connectivity index (χ4n) is 5.50. The summed E-state index contributed by atoms with van der Waals surface area (Å²) in [5, 5.41) is 21.3. The topological polar surface area (TPSA) is 49.7 Å². The summed E-state index contributed by atoms with van der Waals surface area (Å²) >= 11 is 6.50. The standard InChI is InChI=1S/C26H31ClO3/c1-16-12-23(28)24(29)25(30-16)19-6-7-22(27)21(14-19)13-17-2-4-18(5-3-17)20-8-9-26(15-20)10-11-26/h2-7,14,16,20,23-25,28-29H,8-13,15H2,1H3. The molecule has 5 atom stereocenters. The Kier molecular flexibility index (Phi) is 5.43. The molecule has 4 heteroatoms. The number of benzene rings is 2. The molecule has 0 radical (unpaired) electrons. The molecule has 2 N–H and O–H groups in total. The van der Waals surface area contributed by atoms with E-state index in [-0.39, 0.29) is 6.10 Å². The Hall–Kier alpha value is -1.39. The van der Waals surface area contributed by atoms with Gasteiger partial charge < -0.3 is 14.9 Å². The van der Waals surface area contributed by atoms with Crippen LogP contribution in [0.15, 0.2) is 42.5 Å². The molecule has 2 aliphatic carbocycles. The van der Waals surface area contributed by atoms with Gasteiger partial charge in [0.25, 0.3) is 0 Å². The Balaban J connectivity index is 1.31. The predicted molar refractivity (Wildman–Crippen MR) is 119 cm³/mol. The van der Waals surface area contributed by atoms with E-state index in [2.05, 4.69) is 24.3 Å². The second-order valence-electron chi connectivity index (χ2n) is 9.87. The van der Waals surface area contributed by atoms with E-state index < -0.39 is 18.3 Å². The molecule has 2 saturated carbocycles. The fourth-order valence-corrected chi connectivity index (χ4v) is 5.69. The molecule has 3 nitrogen and oxygen atoms in total. The minimum atomic E-state index is -0.921. The first-order chi connectivity index (χ1) is 14.4. The minimum Gasteiger partial charge on any atom is -0.390 e. The van der Waals surface area contributed by atoms with Gasteiger partial charge >= 0.3 is 0 Å². The predicted octanol–water partition coefficient (Wildman–Crippen LogP) is 5.55. The zero-order valence-electron chi connectivity index (χ0n) is 17.6. The number of hydrogen-bond acceptors (Lipinski definition) is 3. The van der Waals surface area contributed by atoms with Crippen LogP contribution in [-0.2, 0) is 11.2 Å². The highest BCUT2D eigenvalue weighted by atomic mass is 35.5. The first-order valence-electron chi connectivity index (χ1n) is 11.3. The molecule has 2 aromatic rings. The van der Waals surface area contributed by atoms with Crippen LogP contribution < -0.4 is 0 Å². The Bertz CT molecular complexity index is 905. The van der Waals surface area contributed by atoms with Gasteiger partial charge in [-0.2, -0.15) is 0 Å². The van der Waals surface area contributed by atoms with Crippen LogP contribution in [0, 0.1) is 5.41 Å². The number of hydrogen-bond donors (Lipinski definition) is 2. The van der Waals surface area contributed by atoms with Crippen LogP contribution in [0.1, 0.15) is 79.7 Å². The maximum absolute atomic E-state index is 10.4. The van der Waals surface area contributed by atoms with Crippen LogP contribution in [0.5, 0.6) is 0 Å². The second kappa shape index (κ2) is 7.94. The molecular weight excluding hydrogens is 396 g/mol. The van der Waals surface area contributed by atoms with Gasteiger partial charge in [-0.3, -0.25) is 0 Å². The fraction of sp³-hybridized carbons (Fsp3) is 0.538. The van der Waals surface area contributed by atoms with E-state index in [9.17, 15) is 10.2 Å². The maximum atomic E-state index is 10.4. The summed E-state index contributed by atoms with van der Waals surface area (Å²) in [4.78, 5) is 0. The molecule has 1 saturated heterocycles. The summed E-state index contributed by atoms with van der Waals surface area (Å²) in [5.74, 6) is 0.729. The lowest BCUT2D eigenvalue weighted by molar-refractivity contribution is -0.166. The number of aliphatic hydroxyl groups excluding tert-OH is 2. The molecule has 160 valence electrons. The largest absolute Gasteiger partial charge is 0.390 e. The molecule has 0 aromatic heterocycles. The van der Waals surface area contributed by atoms with E-state index in [0.29, 0.717) is 16.9 Å². The Morgan fingerprint density at radius 3 is 2.47 bits per heavy atom. The quantitative estimate of drug-likeness (QED) is 0.673. The van der Waals surface area contributed by atoms with Gasteiger partial charge in [-0.25, -0.2) is 0 Å². The molecule has 0 bridgehead atoms. The van der Waals surface area contributed by atoms with Crippen LogP contribution in [0.4, 0.5) is 0 Å². The first kappa shape index (κ1) is 20.5. The summed E-state index contributed by atoms with van der Waals surface area (Å²) in [7, 11) is 0. The van der Waals surface area contributed by atoms with Gasteiger partial charge in [-0.15, -0.1) is 0 Å². The molecule has 5 rings (SSSR count). The third-order valence-electron chi connectivity index (χ3n) is 7.56. The van der Waals surface area contributed by atoms with Crippen molar-refractivity contribution >= 4 is 11.6 Å². The molecule has 5 unspecified atom stereocenters. The van der Waals surface area contributed by atoms with Gasteiger partial charge in [-0.1, -0.05) is 48.0 Å². The van der Waals surface area contributed by atoms with E-state index >= 15 is 0 Å². The van der Waals surface area contributed by atoms with E-state index in [4.69, 9.17) is 16.3 Å². The number of rotatable bonds is 4. The third kappa shape index (κ3) is 4.05. The molecule has 3 fully saturated rings. The summed E-state index contributed by atoms with van der Waals surface area (Å²) in [6.45, 7) is 1.93. The molecule has 1 aliphatic heterocycles. The number of ether oxygens (including phenoxy) is 1. The van der Waals surface area contributed by atoms with Crippen molar-refractivity contribution in [1.29, 1.82) is 0 Å². The van der Waals surface area contributed by atoms with Crippen molar-refractivity contribution in [3.8, 4) is 0 Å². The van der Waals surface area contributed by atoms with Gasteiger partial charge in [0.1, 0.15) is 12.2 Å². The highest BCUT2D eigenvalue weighted by molar-refractivity contribution is 6.31. The van der Waals surface area contributed by atoms with Gasteiger partial charge in [0, 0.05) is 11.4 Å². The first-order valence-corrected chi connectivity index (χ1v) is 11.7. The van der Waals surface area contributed by atoms with Gasteiger partial charge in [0.2, 0.25) is 0 Å². The van der Waals surface area contributed by atoms with E-state index in [1.54, 1.807) is 0 Å². The number of halogens is 1. The third-order valence-corrected chi connectivity index (χ3v) is 7.93. The van der Waals surface area contributed by atoms with Crippen molar-refractivity contribution in [3.63, 3.8) is 0 Å². The lowest BCUT2D eigenvalue weighted by Crippen LogP contribution is -2.42. The van der Waals surface area contributed by atoms with Crippen LogP contribution in [0.25, 0.3) is 0 Å². The lowest BCUT2D eigenvalue weighted by Gasteiger charge is -2.36. The zero-order valence-corrected chi connectivity index (χ0v) is 18.3. The van der Waals surface area contributed by atoms with Crippen LogP contribution in [0.2, 0.25) is 5.02 Å². The smallest absolute Gasteiger partial charge is 0.111 e. The van der Waals surface area contributed by atoms with Crippen molar-refractivity contribution in [2.45, 2.75) is 82.2 Å². The molecule has 0 amide bonds.